The van der Waals surface area contributed by atoms with Gasteiger partial charge in [0.1, 0.15) is 0 Å². The number of methoxy groups -OCH3 is 2. The zero-order chi connectivity index (χ0) is 12.8. The van der Waals surface area contributed by atoms with Crippen LogP contribution in [0.5, 0.6) is 11.5 Å². The van der Waals surface area contributed by atoms with E-state index in [1.807, 2.05) is 0 Å². The quantitative estimate of drug-likeness (QED) is 0.836. The molecule has 6 heteroatoms. The van der Waals surface area contributed by atoms with Crippen molar-refractivity contribution in [2.24, 2.45) is 0 Å². The lowest BCUT2D eigenvalue weighted by molar-refractivity contribution is -0.135. The van der Waals surface area contributed by atoms with Crippen molar-refractivity contribution in [3.05, 3.63) is 22.2 Å². The molecule has 1 aromatic carbocycles. The van der Waals surface area contributed by atoms with Crippen LogP contribution < -0.4 is 14.8 Å². The summed E-state index contributed by atoms with van der Waals surface area (Å²) in [4.78, 5) is 10.4. The third-order valence-electron chi connectivity index (χ3n) is 2.14. The molecule has 94 valence electrons. The maximum absolute atomic E-state index is 10.4. The Labute approximate surface area is 108 Å². The van der Waals surface area contributed by atoms with Crippen LogP contribution >= 0.6 is 15.9 Å². The first-order valence-corrected chi connectivity index (χ1v) is 5.70. The molecule has 2 N–H and O–H groups in total. The van der Waals surface area contributed by atoms with Gasteiger partial charge in [-0.2, -0.15) is 0 Å². The fraction of sp³-hybridized carbons (Fsp3) is 0.364. The molecule has 0 radical (unpaired) electrons. The van der Waals surface area contributed by atoms with Crippen molar-refractivity contribution in [2.45, 2.75) is 6.54 Å². The SMILES string of the molecule is COc1cc(Br)c(CNCC(=O)O)cc1OC. The van der Waals surface area contributed by atoms with Crippen LogP contribution in [0.4, 0.5) is 0 Å². The minimum Gasteiger partial charge on any atom is -0.493 e. The molecule has 0 aliphatic heterocycles. The number of hydrogen-bond acceptors (Lipinski definition) is 4. The van der Waals surface area contributed by atoms with E-state index in [1.165, 1.54) is 0 Å². The van der Waals surface area contributed by atoms with Gasteiger partial charge < -0.3 is 19.9 Å². The molecule has 0 aliphatic rings. The first-order valence-electron chi connectivity index (χ1n) is 4.91. The number of benzene rings is 1. The van der Waals surface area contributed by atoms with Crippen LogP contribution in [0.15, 0.2) is 16.6 Å². The van der Waals surface area contributed by atoms with Gasteiger partial charge in [0.25, 0.3) is 0 Å². The summed E-state index contributed by atoms with van der Waals surface area (Å²) in [5.41, 5.74) is 0.906. The standard InChI is InChI=1S/C11H14BrNO4/c1-16-9-3-7(5-13-6-11(14)15)8(12)4-10(9)17-2/h3-4,13H,5-6H2,1-2H3,(H,14,15). The van der Waals surface area contributed by atoms with E-state index < -0.39 is 5.97 Å². The summed E-state index contributed by atoms with van der Waals surface area (Å²) in [5, 5.41) is 11.3. The highest BCUT2D eigenvalue weighted by molar-refractivity contribution is 9.10. The summed E-state index contributed by atoms with van der Waals surface area (Å²) in [6.07, 6.45) is 0. The molecule has 1 rings (SSSR count). The van der Waals surface area contributed by atoms with Crippen LogP contribution in [0.3, 0.4) is 0 Å². The predicted octanol–water partition coefficient (Wildman–Crippen LogP) is 1.64. The summed E-state index contributed by atoms with van der Waals surface area (Å²) in [7, 11) is 3.12. The van der Waals surface area contributed by atoms with E-state index in [-0.39, 0.29) is 6.54 Å². The lowest BCUT2D eigenvalue weighted by Crippen LogP contribution is -2.22. The molecule has 0 aliphatic carbocycles. The Hall–Kier alpha value is -1.27. The van der Waals surface area contributed by atoms with Gasteiger partial charge in [0.15, 0.2) is 11.5 Å². The average Bonchev–Trinajstić information content (AvgIpc) is 2.30. The fourth-order valence-electron chi connectivity index (χ4n) is 1.34. The summed E-state index contributed by atoms with van der Waals surface area (Å²) < 4.78 is 11.2. The Balaban J connectivity index is 2.81. The van der Waals surface area contributed by atoms with E-state index in [1.54, 1.807) is 26.4 Å². The van der Waals surface area contributed by atoms with Crippen molar-refractivity contribution < 1.29 is 19.4 Å². The van der Waals surface area contributed by atoms with E-state index in [9.17, 15) is 4.79 Å². The minimum atomic E-state index is -0.887. The number of halogens is 1. The second kappa shape index (κ2) is 6.46. The van der Waals surface area contributed by atoms with Crippen LogP contribution in [0.1, 0.15) is 5.56 Å². The number of carboxylic acids is 1. The molecule has 0 saturated carbocycles. The zero-order valence-corrected chi connectivity index (χ0v) is 11.2. The van der Waals surface area contributed by atoms with Crippen molar-refractivity contribution in [1.82, 2.24) is 5.32 Å². The third-order valence-corrected chi connectivity index (χ3v) is 2.88. The van der Waals surface area contributed by atoms with Gasteiger partial charge >= 0.3 is 5.97 Å². The molecular formula is C11H14BrNO4. The topological polar surface area (TPSA) is 67.8 Å². The monoisotopic (exact) mass is 303 g/mol. The second-order valence-corrected chi connectivity index (χ2v) is 4.15. The fourth-order valence-corrected chi connectivity index (χ4v) is 1.80. The highest BCUT2D eigenvalue weighted by Gasteiger charge is 2.09. The van der Waals surface area contributed by atoms with E-state index in [2.05, 4.69) is 21.2 Å². The van der Waals surface area contributed by atoms with Crippen LogP contribution in [0, 0.1) is 0 Å². The Bertz CT molecular complexity index is 409. The minimum absolute atomic E-state index is 0.0826. The molecule has 5 nitrogen and oxygen atoms in total. The maximum atomic E-state index is 10.4. The number of carbonyl (C=O) groups is 1. The van der Waals surface area contributed by atoms with Crippen molar-refractivity contribution in [3.8, 4) is 11.5 Å². The number of nitrogens with one attached hydrogen (secondary N) is 1. The van der Waals surface area contributed by atoms with Crippen molar-refractivity contribution >= 4 is 21.9 Å². The van der Waals surface area contributed by atoms with Gasteiger partial charge in [-0.3, -0.25) is 4.79 Å². The van der Waals surface area contributed by atoms with E-state index in [0.717, 1.165) is 10.0 Å². The van der Waals surface area contributed by atoms with Gasteiger partial charge in [0.2, 0.25) is 0 Å². The number of carboxylic acid groups (broad SMARTS) is 1. The molecule has 0 atom stereocenters. The smallest absolute Gasteiger partial charge is 0.317 e. The molecule has 17 heavy (non-hydrogen) atoms. The van der Waals surface area contributed by atoms with Crippen molar-refractivity contribution in [3.63, 3.8) is 0 Å². The van der Waals surface area contributed by atoms with Crippen molar-refractivity contribution in [1.29, 1.82) is 0 Å². The first kappa shape index (κ1) is 13.8. The molecule has 0 amide bonds. The molecule has 0 spiro atoms. The van der Waals surface area contributed by atoms with Gasteiger partial charge in [-0.1, -0.05) is 15.9 Å². The molecule has 1 aromatic rings. The van der Waals surface area contributed by atoms with Crippen LogP contribution in [-0.2, 0) is 11.3 Å². The van der Waals surface area contributed by atoms with E-state index in [0.29, 0.717) is 18.0 Å². The largest absolute Gasteiger partial charge is 0.493 e. The highest BCUT2D eigenvalue weighted by atomic mass is 79.9. The third kappa shape index (κ3) is 3.90. The average molecular weight is 304 g/mol. The zero-order valence-electron chi connectivity index (χ0n) is 9.62. The van der Waals surface area contributed by atoms with Crippen LogP contribution in [0.25, 0.3) is 0 Å². The van der Waals surface area contributed by atoms with Crippen molar-refractivity contribution in [2.75, 3.05) is 20.8 Å². The Kier molecular flexibility index (Phi) is 5.24. The predicted molar refractivity (Wildman–Crippen MR) is 66.6 cm³/mol. The Morgan fingerprint density at radius 1 is 1.35 bits per heavy atom. The normalized spacial score (nSPS) is 10.1. The summed E-state index contributed by atoms with van der Waals surface area (Å²) >= 11 is 3.40. The molecule has 0 fully saturated rings. The Morgan fingerprint density at radius 3 is 2.47 bits per heavy atom. The maximum Gasteiger partial charge on any atom is 0.317 e. The summed E-state index contributed by atoms with van der Waals surface area (Å²) in [6.45, 7) is 0.355. The molecule has 0 saturated heterocycles. The summed E-state index contributed by atoms with van der Waals surface area (Å²) in [5.74, 6) is 0.353. The molecule has 0 bridgehead atoms. The van der Waals surface area contributed by atoms with Gasteiger partial charge in [-0.25, -0.2) is 0 Å². The lowest BCUT2D eigenvalue weighted by Gasteiger charge is -2.12. The number of hydrogen-bond donors (Lipinski definition) is 2. The number of rotatable bonds is 6. The Morgan fingerprint density at radius 2 is 1.94 bits per heavy atom. The van der Waals surface area contributed by atoms with Gasteiger partial charge in [0, 0.05) is 11.0 Å². The molecule has 0 unspecified atom stereocenters. The summed E-state index contributed by atoms with van der Waals surface area (Å²) in [6, 6.07) is 3.59. The second-order valence-electron chi connectivity index (χ2n) is 3.30. The van der Waals surface area contributed by atoms with Gasteiger partial charge in [-0.05, 0) is 17.7 Å². The molecule has 0 aromatic heterocycles. The van der Waals surface area contributed by atoms with Gasteiger partial charge in [-0.15, -0.1) is 0 Å². The number of aliphatic carboxylic acids is 1. The first-order chi connectivity index (χ1) is 8.08. The number of ether oxygens (including phenoxy) is 2. The van der Waals surface area contributed by atoms with Crippen LogP contribution in [0.2, 0.25) is 0 Å². The lowest BCUT2D eigenvalue weighted by atomic mass is 10.2. The van der Waals surface area contributed by atoms with Gasteiger partial charge in [0.05, 0.1) is 20.8 Å². The van der Waals surface area contributed by atoms with E-state index >= 15 is 0 Å². The molecular weight excluding hydrogens is 290 g/mol. The van der Waals surface area contributed by atoms with E-state index in [4.69, 9.17) is 14.6 Å². The highest BCUT2D eigenvalue weighted by Crippen LogP contribution is 2.33. The molecule has 0 heterocycles. The van der Waals surface area contributed by atoms with Crippen LogP contribution in [-0.4, -0.2) is 31.8 Å².